The van der Waals surface area contributed by atoms with Crippen LogP contribution in [0.25, 0.3) is 0 Å². The largest absolute Gasteiger partial charge is 0.306 e. The first-order valence-corrected chi connectivity index (χ1v) is 8.05. The second-order valence-corrected chi connectivity index (χ2v) is 6.91. The van der Waals surface area contributed by atoms with Crippen LogP contribution < -0.4 is 5.32 Å². The lowest BCUT2D eigenvalue weighted by Gasteiger charge is -2.39. The summed E-state index contributed by atoms with van der Waals surface area (Å²) in [5.74, 6) is 0.886. The van der Waals surface area contributed by atoms with Crippen molar-refractivity contribution in [2.45, 2.75) is 71.9 Å². The van der Waals surface area contributed by atoms with Crippen LogP contribution in [0, 0.1) is 11.3 Å². The molecule has 0 aromatic carbocycles. The summed E-state index contributed by atoms with van der Waals surface area (Å²) in [5, 5.41) is 3.72. The highest BCUT2D eigenvalue weighted by molar-refractivity contribution is 5.01. The fraction of sp³-hybridized carbons (Fsp3) is 0.765. The lowest BCUT2D eigenvalue weighted by atomic mass is 9.69. The van der Waals surface area contributed by atoms with Crippen LogP contribution in [0.2, 0.25) is 0 Å². The second kappa shape index (κ2) is 6.66. The van der Waals surface area contributed by atoms with Crippen LogP contribution in [0.15, 0.2) is 18.6 Å². The summed E-state index contributed by atoms with van der Waals surface area (Å²) in [6.07, 6.45) is 11.9. The van der Waals surface area contributed by atoms with Gasteiger partial charge in [-0.2, -0.15) is 0 Å². The molecule has 1 unspecified atom stereocenters. The van der Waals surface area contributed by atoms with E-state index in [0.29, 0.717) is 17.5 Å². The molecule has 1 N–H and O–H groups in total. The molecule has 1 fully saturated rings. The monoisotopic (exact) mass is 275 g/mol. The maximum Gasteiger partial charge on any atom is 0.0753 e. The maximum absolute atomic E-state index is 4.39. The van der Waals surface area contributed by atoms with Crippen molar-refractivity contribution in [3.05, 3.63) is 24.3 Å². The molecule has 1 aromatic rings. The highest BCUT2D eigenvalue weighted by Crippen LogP contribution is 2.40. The molecule has 1 atom stereocenters. The van der Waals surface area contributed by atoms with E-state index in [1.165, 1.54) is 32.1 Å². The molecule has 3 heteroatoms. The van der Waals surface area contributed by atoms with Crippen LogP contribution in [-0.4, -0.2) is 16.0 Å². The lowest BCUT2D eigenvalue weighted by molar-refractivity contribution is 0.134. The van der Waals surface area contributed by atoms with Crippen molar-refractivity contribution in [1.82, 2.24) is 15.3 Å². The number of nitrogens with zero attached hydrogens (tertiary/aromatic N) is 2. The SMILES string of the molecule is CCC(C)(C)C1CCC(NC(C)c2cnccn2)CC1. The topological polar surface area (TPSA) is 37.8 Å². The summed E-state index contributed by atoms with van der Waals surface area (Å²) >= 11 is 0. The van der Waals surface area contributed by atoms with Crippen LogP contribution in [0.4, 0.5) is 0 Å². The molecule has 3 nitrogen and oxygen atoms in total. The summed E-state index contributed by atoms with van der Waals surface area (Å²) in [4.78, 5) is 8.54. The van der Waals surface area contributed by atoms with Gasteiger partial charge in [0, 0.05) is 30.7 Å². The van der Waals surface area contributed by atoms with Gasteiger partial charge < -0.3 is 5.32 Å². The lowest BCUT2D eigenvalue weighted by Crippen LogP contribution is -2.38. The Morgan fingerprint density at radius 3 is 2.50 bits per heavy atom. The van der Waals surface area contributed by atoms with Crippen LogP contribution in [0.3, 0.4) is 0 Å². The molecule has 0 spiro atoms. The smallest absolute Gasteiger partial charge is 0.0753 e. The molecule has 2 rings (SSSR count). The van der Waals surface area contributed by atoms with E-state index in [9.17, 15) is 0 Å². The van der Waals surface area contributed by atoms with E-state index in [-0.39, 0.29) is 0 Å². The molecule has 0 saturated heterocycles. The van der Waals surface area contributed by atoms with E-state index in [4.69, 9.17) is 0 Å². The highest BCUT2D eigenvalue weighted by Gasteiger charge is 2.32. The van der Waals surface area contributed by atoms with Crippen LogP contribution in [0.1, 0.15) is 71.5 Å². The molecule has 1 heterocycles. The van der Waals surface area contributed by atoms with E-state index in [1.54, 1.807) is 12.4 Å². The fourth-order valence-corrected chi connectivity index (χ4v) is 3.30. The summed E-state index contributed by atoms with van der Waals surface area (Å²) < 4.78 is 0. The first kappa shape index (κ1) is 15.4. The number of nitrogens with one attached hydrogen (secondary N) is 1. The molecule has 20 heavy (non-hydrogen) atoms. The quantitative estimate of drug-likeness (QED) is 0.878. The van der Waals surface area contributed by atoms with Gasteiger partial charge in [-0.3, -0.25) is 9.97 Å². The number of hydrogen-bond donors (Lipinski definition) is 1. The summed E-state index contributed by atoms with van der Waals surface area (Å²) in [6.45, 7) is 9.35. The zero-order chi connectivity index (χ0) is 14.6. The Morgan fingerprint density at radius 1 is 1.25 bits per heavy atom. The molecule has 1 saturated carbocycles. The molecule has 0 bridgehead atoms. The molecule has 0 amide bonds. The Bertz CT molecular complexity index is 394. The predicted octanol–water partition coefficient (Wildman–Crippen LogP) is 4.12. The maximum atomic E-state index is 4.39. The zero-order valence-corrected chi connectivity index (χ0v) is 13.4. The molecule has 0 radical (unpaired) electrons. The van der Waals surface area contributed by atoms with Crippen molar-refractivity contribution in [3.63, 3.8) is 0 Å². The van der Waals surface area contributed by atoms with Crippen LogP contribution in [-0.2, 0) is 0 Å². The molecule has 112 valence electrons. The minimum absolute atomic E-state index is 0.296. The van der Waals surface area contributed by atoms with Gasteiger partial charge in [0.25, 0.3) is 0 Å². The van der Waals surface area contributed by atoms with Gasteiger partial charge in [0.2, 0.25) is 0 Å². The Labute approximate surface area is 123 Å². The Kier molecular flexibility index (Phi) is 5.14. The number of aromatic nitrogens is 2. The molecular formula is C17H29N3. The van der Waals surface area contributed by atoms with Gasteiger partial charge in [-0.1, -0.05) is 27.2 Å². The van der Waals surface area contributed by atoms with E-state index in [2.05, 4.69) is 43.0 Å². The molecular weight excluding hydrogens is 246 g/mol. The van der Waals surface area contributed by atoms with Gasteiger partial charge in [0.05, 0.1) is 5.69 Å². The Balaban J connectivity index is 1.83. The Morgan fingerprint density at radius 2 is 1.95 bits per heavy atom. The van der Waals surface area contributed by atoms with Crippen molar-refractivity contribution in [2.75, 3.05) is 0 Å². The van der Waals surface area contributed by atoms with Crippen molar-refractivity contribution in [1.29, 1.82) is 0 Å². The third kappa shape index (κ3) is 3.78. The Hall–Kier alpha value is -0.960. The standard InChI is InChI=1S/C17H29N3/c1-5-17(3,4)14-6-8-15(9-7-14)20-13(2)16-12-18-10-11-19-16/h10-15,20H,5-9H2,1-4H3. The average molecular weight is 275 g/mol. The van der Waals surface area contributed by atoms with Gasteiger partial charge in [-0.25, -0.2) is 0 Å². The number of rotatable bonds is 5. The van der Waals surface area contributed by atoms with Gasteiger partial charge >= 0.3 is 0 Å². The molecule has 1 aliphatic carbocycles. The molecule has 0 aliphatic heterocycles. The summed E-state index contributed by atoms with van der Waals surface area (Å²) in [6, 6.07) is 0.931. The van der Waals surface area contributed by atoms with Gasteiger partial charge in [0.15, 0.2) is 0 Å². The zero-order valence-electron chi connectivity index (χ0n) is 13.4. The van der Waals surface area contributed by atoms with Crippen molar-refractivity contribution >= 4 is 0 Å². The molecule has 1 aliphatic rings. The van der Waals surface area contributed by atoms with Crippen LogP contribution in [0.5, 0.6) is 0 Å². The van der Waals surface area contributed by atoms with Crippen molar-refractivity contribution in [3.8, 4) is 0 Å². The normalized spacial score (nSPS) is 25.4. The van der Waals surface area contributed by atoms with E-state index < -0.39 is 0 Å². The fourth-order valence-electron chi connectivity index (χ4n) is 3.30. The minimum Gasteiger partial charge on any atom is -0.306 e. The van der Waals surface area contributed by atoms with Gasteiger partial charge in [-0.05, 0) is 43.9 Å². The minimum atomic E-state index is 0.296. The van der Waals surface area contributed by atoms with Gasteiger partial charge in [0.1, 0.15) is 0 Å². The highest BCUT2D eigenvalue weighted by atomic mass is 15.0. The number of hydrogen-bond acceptors (Lipinski definition) is 3. The average Bonchev–Trinajstić information content (AvgIpc) is 2.48. The van der Waals surface area contributed by atoms with Crippen molar-refractivity contribution in [2.24, 2.45) is 11.3 Å². The van der Waals surface area contributed by atoms with Crippen LogP contribution >= 0.6 is 0 Å². The van der Waals surface area contributed by atoms with E-state index >= 15 is 0 Å². The van der Waals surface area contributed by atoms with E-state index in [1.807, 2.05) is 6.20 Å². The third-order valence-electron chi connectivity index (χ3n) is 5.26. The van der Waals surface area contributed by atoms with E-state index in [0.717, 1.165) is 11.6 Å². The first-order valence-electron chi connectivity index (χ1n) is 8.05. The third-order valence-corrected chi connectivity index (χ3v) is 5.26. The summed E-state index contributed by atoms with van der Waals surface area (Å²) in [7, 11) is 0. The second-order valence-electron chi connectivity index (χ2n) is 6.91. The van der Waals surface area contributed by atoms with Gasteiger partial charge in [-0.15, -0.1) is 0 Å². The van der Waals surface area contributed by atoms with Crippen molar-refractivity contribution < 1.29 is 0 Å². The summed E-state index contributed by atoms with van der Waals surface area (Å²) in [5.41, 5.74) is 1.55. The predicted molar refractivity (Wildman–Crippen MR) is 83.4 cm³/mol. The first-order chi connectivity index (χ1) is 9.53. The molecule has 1 aromatic heterocycles.